The molecule has 0 bridgehead atoms. The topological polar surface area (TPSA) is 48.7 Å². The zero-order valence-corrected chi connectivity index (χ0v) is 16.7. The van der Waals surface area contributed by atoms with E-state index in [2.05, 4.69) is 0 Å². The molecule has 2 aromatic carbocycles. The lowest BCUT2D eigenvalue weighted by Crippen LogP contribution is -2.00. The number of rotatable bonds is 4. The molecule has 2 heterocycles. The van der Waals surface area contributed by atoms with E-state index in [9.17, 15) is 4.79 Å². The molecule has 0 atom stereocenters. The first-order valence-corrected chi connectivity index (χ1v) is 9.39. The van der Waals surface area contributed by atoms with Crippen molar-refractivity contribution < 1.29 is 18.7 Å². The Morgan fingerprint density at radius 2 is 1.82 bits per heavy atom. The Hall–Kier alpha value is -2.69. The minimum atomic E-state index is -0.178. The van der Waals surface area contributed by atoms with Crippen LogP contribution in [0.5, 0.6) is 11.5 Å². The maximum absolute atomic E-state index is 12.7. The number of Topliss-reactive ketones (excluding diaryl/α,β-unsaturated/α-hetero) is 1. The number of fused-ring (bicyclic) bond motifs is 1. The van der Waals surface area contributed by atoms with Crippen molar-refractivity contribution in [1.29, 1.82) is 0 Å². The molecular weight excluding hydrogens is 399 g/mol. The Labute approximate surface area is 172 Å². The highest BCUT2D eigenvalue weighted by Gasteiger charge is 2.30. The smallest absolute Gasteiger partial charge is 0.232 e. The molecule has 0 aliphatic carbocycles. The second-order valence-corrected chi connectivity index (χ2v) is 7.30. The molecule has 0 saturated heterocycles. The molecule has 0 N–H and O–H groups in total. The molecule has 1 aromatic heterocycles. The van der Waals surface area contributed by atoms with Crippen LogP contribution in [0.25, 0.3) is 6.08 Å². The number of ether oxygens (including phenoxy) is 2. The van der Waals surface area contributed by atoms with E-state index >= 15 is 0 Å². The molecule has 4 rings (SSSR count). The Morgan fingerprint density at radius 1 is 1.07 bits per heavy atom. The van der Waals surface area contributed by atoms with Gasteiger partial charge in [0.1, 0.15) is 29.6 Å². The van der Waals surface area contributed by atoms with Gasteiger partial charge in [0.05, 0.1) is 5.56 Å². The number of carbonyl (C=O) groups is 1. The molecule has 6 heteroatoms. The molecule has 0 fully saturated rings. The van der Waals surface area contributed by atoms with Crippen LogP contribution in [-0.4, -0.2) is 5.78 Å². The van der Waals surface area contributed by atoms with Gasteiger partial charge in [-0.05, 0) is 49.7 Å². The van der Waals surface area contributed by atoms with Gasteiger partial charge in [0.2, 0.25) is 5.78 Å². The molecule has 0 saturated carbocycles. The van der Waals surface area contributed by atoms with Gasteiger partial charge < -0.3 is 13.9 Å². The SMILES string of the molecule is Cc1ccc(/C=C2\Oc3cc(OCc4c(Cl)cccc4Cl)cc(C)c3C2=O)o1. The summed E-state index contributed by atoms with van der Waals surface area (Å²) in [5, 5.41) is 1.08. The second-order valence-electron chi connectivity index (χ2n) is 6.49. The number of carbonyl (C=O) groups excluding carboxylic acids is 1. The largest absolute Gasteiger partial charge is 0.489 e. The van der Waals surface area contributed by atoms with E-state index in [0.717, 1.165) is 11.3 Å². The molecule has 142 valence electrons. The fourth-order valence-corrected chi connectivity index (χ4v) is 3.55. The van der Waals surface area contributed by atoms with E-state index in [1.165, 1.54) is 0 Å². The minimum Gasteiger partial charge on any atom is -0.489 e. The lowest BCUT2D eigenvalue weighted by atomic mass is 10.0. The third-order valence-electron chi connectivity index (χ3n) is 4.42. The number of benzene rings is 2. The molecule has 4 nitrogen and oxygen atoms in total. The summed E-state index contributed by atoms with van der Waals surface area (Å²) >= 11 is 12.4. The van der Waals surface area contributed by atoms with Crippen LogP contribution in [-0.2, 0) is 6.61 Å². The van der Waals surface area contributed by atoms with Crippen molar-refractivity contribution in [3.8, 4) is 11.5 Å². The van der Waals surface area contributed by atoms with Crippen molar-refractivity contribution in [3.05, 3.63) is 86.5 Å². The lowest BCUT2D eigenvalue weighted by molar-refractivity contribution is 0.101. The summed E-state index contributed by atoms with van der Waals surface area (Å²) in [5.41, 5.74) is 1.99. The summed E-state index contributed by atoms with van der Waals surface area (Å²) in [5.74, 6) is 2.40. The quantitative estimate of drug-likeness (QED) is 0.463. The molecule has 28 heavy (non-hydrogen) atoms. The van der Waals surface area contributed by atoms with Crippen molar-refractivity contribution in [2.75, 3.05) is 0 Å². The molecule has 0 amide bonds. The van der Waals surface area contributed by atoms with E-state index in [-0.39, 0.29) is 18.1 Å². The molecule has 1 aliphatic heterocycles. The highest BCUT2D eigenvalue weighted by atomic mass is 35.5. The Kier molecular flexibility index (Phi) is 4.92. The van der Waals surface area contributed by atoms with Crippen molar-refractivity contribution >= 4 is 35.1 Å². The lowest BCUT2D eigenvalue weighted by Gasteiger charge is -2.11. The Morgan fingerprint density at radius 3 is 2.50 bits per heavy atom. The van der Waals surface area contributed by atoms with E-state index in [4.69, 9.17) is 37.1 Å². The molecule has 0 unspecified atom stereocenters. The van der Waals surface area contributed by atoms with Crippen molar-refractivity contribution in [2.24, 2.45) is 0 Å². The first-order valence-electron chi connectivity index (χ1n) is 8.63. The van der Waals surface area contributed by atoms with Gasteiger partial charge in [0.15, 0.2) is 5.76 Å². The zero-order valence-electron chi connectivity index (χ0n) is 15.2. The molecule has 0 radical (unpaired) electrons. The summed E-state index contributed by atoms with van der Waals surface area (Å²) < 4.78 is 17.1. The van der Waals surface area contributed by atoms with Gasteiger partial charge in [-0.2, -0.15) is 0 Å². The first-order chi connectivity index (χ1) is 13.4. The summed E-state index contributed by atoms with van der Waals surface area (Å²) in [6, 6.07) is 12.4. The number of ketones is 1. The highest BCUT2D eigenvalue weighted by Crippen LogP contribution is 2.38. The summed E-state index contributed by atoms with van der Waals surface area (Å²) in [4.78, 5) is 12.7. The van der Waals surface area contributed by atoms with Crippen LogP contribution < -0.4 is 9.47 Å². The normalized spacial score (nSPS) is 14.3. The molecule has 1 aliphatic rings. The van der Waals surface area contributed by atoms with Gasteiger partial charge in [-0.15, -0.1) is 0 Å². The van der Waals surface area contributed by atoms with Crippen molar-refractivity contribution in [3.63, 3.8) is 0 Å². The third kappa shape index (κ3) is 3.53. The highest BCUT2D eigenvalue weighted by molar-refractivity contribution is 6.35. The summed E-state index contributed by atoms with van der Waals surface area (Å²) in [6.45, 7) is 3.89. The molecule has 0 spiro atoms. The van der Waals surface area contributed by atoms with Crippen LogP contribution in [0.1, 0.15) is 33.0 Å². The van der Waals surface area contributed by atoms with Gasteiger partial charge >= 0.3 is 0 Å². The van der Waals surface area contributed by atoms with E-state index in [1.54, 1.807) is 42.5 Å². The average Bonchev–Trinajstić information content (AvgIpc) is 3.18. The van der Waals surface area contributed by atoms with E-state index in [1.807, 2.05) is 19.9 Å². The number of halogens is 2. The van der Waals surface area contributed by atoms with Gasteiger partial charge in [-0.1, -0.05) is 29.3 Å². The fourth-order valence-electron chi connectivity index (χ4n) is 3.05. The van der Waals surface area contributed by atoms with Crippen LogP contribution in [0.4, 0.5) is 0 Å². The summed E-state index contributed by atoms with van der Waals surface area (Å²) in [7, 11) is 0. The number of allylic oxidation sites excluding steroid dienone is 1. The predicted molar refractivity (Wildman–Crippen MR) is 108 cm³/mol. The predicted octanol–water partition coefficient (Wildman–Crippen LogP) is 6.40. The van der Waals surface area contributed by atoms with Gasteiger partial charge in [-0.25, -0.2) is 0 Å². The van der Waals surface area contributed by atoms with E-state index < -0.39 is 0 Å². The third-order valence-corrected chi connectivity index (χ3v) is 5.13. The van der Waals surface area contributed by atoms with Gasteiger partial charge in [0.25, 0.3) is 0 Å². The fraction of sp³-hybridized carbons (Fsp3) is 0.136. The minimum absolute atomic E-state index is 0.178. The van der Waals surface area contributed by atoms with Gasteiger partial charge in [0, 0.05) is 27.8 Å². The number of furan rings is 1. The van der Waals surface area contributed by atoms with Crippen LogP contribution in [0, 0.1) is 13.8 Å². The van der Waals surface area contributed by atoms with Crippen molar-refractivity contribution in [2.45, 2.75) is 20.5 Å². The zero-order chi connectivity index (χ0) is 19.8. The van der Waals surface area contributed by atoms with Crippen LogP contribution in [0.15, 0.2) is 52.6 Å². The van der Waals surface area contributed by atoms with Gasteiger partial charge in [-0.3, -0.25) is 4.79 Å². The first kappa shape index (κ1) is 18.7. The average molecular weight is 415 g/mol. The number of hydrogen-bond acceptors (Lipinski definition) is 4. The van der Waals surface area contributed by atoms with E-state index in [0.29, 0.717) is 38.4 Å². The van der Waals surface area contributed by atoms with Crippen LogP contribution in [0.3, 0.4) is 0 Å². The maximum atomic E-state index is 12.7. The molecular formula is C22H16Cl2O4. The monoisotopic (exact) mass is 414 g/mol. The van der Waals surface area contributed by atoms with Crippen LogP contribution in [0.2, 0.25) is 10.0 Å². The number of hydrogen-bond donors (Lipinski definition) is 0. The standard InChI is InChI=1S/C22H16Cl2O4/c1-12-8-15(26-11-16-17(23)4-3-5-18(16)24)10-19-21(12)22(25)20(28-19)9-14-7-6-13(2)27-14/h3-10H,11H2,1-2H3/b20-9-. The number of aryl methyl sites for hydroxylation is 2. The second kappa shape index (κ2) is 7.38. The Balaban J connectivity index is 1.59. The maximum Gasteiger partial charge on any atom is 0.232 e. The molecule has 3 aromatic rings. The Bertz CT molecular complexity index is 1090. The van der Waals surface area contributed by atoms with Crippen molar-refractivity contribution in [1.82, 2.24) is 0 Å². The summed E-state index contributed by atoms with van der Waals surface area (Å²) in [6.07, 6.45) is 1.60. The van der Waals surface area contributed by atoms with Crippen LogP contribution >= 0.6 is 23.2 Å².